The molecule has 1 aromatic heterocycles. The van der Waals surface area contributed by atoms with Crippen molar-refractivity contribution in [3.05, 3.63) is 52.0 Å². The molecule has 1 aromatic carbocycles. The first-order chi connectivity index (χ1) is 12.4. The van der Waals surface area contributed by atoms with Crippen molar-refractivity contribution in [2.75, 3.05) is 6.54 Å². The Balaban J connectivity index is 1.45. The zero-order valence-electron chi connectivity index (χ0n) is 13.8. The van der Waals surface area contributed by atoms with Crippen molar-refractivity contribution < 1.29 is 18.4 Å². The number of hydrogen-bond acceptors (Lipinski definition) is 5. The molecule has 1 aliphatic rings. The van der Waals surface area contributed by atoms with Gasteiger partial charge in [0.15, 0.2) is 0 Å². The molecule has 0 aliphatic carbocycles. The molecule has 0 radical (unpaired) electrons. The zero-order chi connectivity index (χ0) is 18.6. The van der Waals surface area contributed by atoms with E-state index in [2.05, 4.69) is 20.9 Å². The Kier molecular flexibility index (Phi) is 5.58. The SMILES string of the molecule is O=C(NCc1nc(CNC(=O)C2CC(F)(F)CN2)cs1)c1ccccc1. The number of thiazole rings is 1. The van der Waals surface area contributed by atoms with E-state index < -0.39 is 30.8 Å². The minimum atomic E-state index is -2.84. The summed E-state index contributed by atoms with van der Waals surface area (Å²) in [5.41, 5.74) is 1.19. The molecule has 26 heavy (non-hydrogen) atoms. The van der Waals surface area contributed by atoms with Gasteiger partial charge in [-0.1, -0.05) is 18.2 Å². The molecule has 3 N–H and O–H groups in total. The topological polar surface area (TPSA) is 83.1 Å². The summed E-state index contributed by atoms with van der Waals surface area (Å²) in [6.45, 7) is -0.0402. The van der Waals surface area contributed by atoms with Crippen LogP contribution in [0, 0.1) is 0 Å². The van der Waals surface area contributed by atoms with Gasteiger partial charge in [-0.2, -0.15) is 0 Å². The van der Waals surface area contributed by atoms with Crippen LogP contribution in [-0.2, 0) is 17.9 Å². The van der Waals surface area contributed by atoms with E-state index in [1.165, 1.54) is 11.3 Å². The maximum atomic E-state index is 13.1. The Hall–Kier alpha value is -2.39. The molecule has 1 atom stereocenters. The molecule has 2 aromatic rings. The number of hydrogen-bond donors (Lipinski definition) is 3. The number of benzene rings is 1. The highest BCUT2D eigenvalue weighted by Crippen LogP contribution is 2.25. The van der Waals surface area contributed by atoms with E-state index in [9.17, 15) is 18.4 Å². The third kappa shape index (κ3) is 4.83. The smallest absolute Gasteiger partial charge is 0.262 e. The lowest BCUT2D eigenvalue weighted by Crippen LogP contribution is -2.40. The molecule has 9 heteroatoms. The molecule has 1 fully saturated rings. The number of nitrogens with one attached hydrogen (secondary N) is 3. The van der Waals surface area contributed by atoms with Crippen LogP contribution in [0.15, 0.2) is 35.7 Å². The van der Waals surface area contributed by atoms with Gasteiger partial charge in [0.2, 0.25) is 5.91 Å². The lowest BCUT2D eigenvalue weighted by atomic mass is 10.2. The van der Waals surface area contributed by atoms with Gasteiger partial charge < -0.3 is 10.6 Å². The summed E-state index contributed by atoms with van der Waals surface area (Å²) in [4.78, 5) is 28.2. The average molecular weight is 380 g/mol. The molecular formula is C17H18F2N4O2S. The van der Waals surface area contributed by atoms with Gasteiger partial charge in [-0.25, -0.2) is 13.8 Å². The van der Waals surface area contributed by atoms with Crippen molar-refractivity contribution in [1.82, 2.24) is 20.9 Å². The number of amides is 2. The lowest BCUT2D eigenvalue weighted by molar-refractivity contribution is -0.123. The monoisotopic (exact) mass is 380 g/mol. The summed E-state index contributed by atoms with van der Waals surface area (Å²) in [7, 11) is 0. The van der Waals surface area contributed by atoms with E-state index >= 15 is 0 Å². The Bertz CT molecular complexity index is 782. The highest BCUT2D eigenvalue weighted by Gasteiger charge is 2.42. The first kappa shape index (κ1) is 18.4. The van der Waals surface area contributed by atoms with Gasteiger partial charge in [-0.3, -0.25) is 14.9 Å². The van der Waals surface area contributed by atoms with Crippen LogP contribution in [0.25, 0.3) is 0 Å². The van der Waals surface area contributed by atoms with Crippen LogP contribution in [0.3, 0.4) is 0 Å². The molecule has 1 aliphatic heterocycles. The maximum absolute atomic E-state index is 13.1. The summed E-state index contributed by atoms with van der Waals surface area (Å²) in [6.07, 6.45) is -0.493. The van der Waals surface area contributed by atoms with E-state index in [4.69, 9.17) is 0 Å². The van der Waals surface area contributed by atoms with Crippen LogP contribution in [0.5, 0.6) is 0 Å². The van der Waals surface area contributed by atoms with Gasteiger partial charge in [0.05, 0.1) is 31.4 Å². The number of carbonyl (C=O) groups is 2. The first-order valence-corrected chi connectivity index (χ1v) is 8.96. The fourth-order valence-corrected chi connectivity index (χ4v) is 3.29. The van der Waals surface area contributed by atoms with E-state index in [0.717, 1.165) is 0 Å². The van der Waals surface area contributed by atoms with Gasteiger partial charge >= 0.3 is 0 Å². The molecule has 0 saturated carbocycles. The summed E-state index contributed by atoms with van der Waals surface area (Å²) in [5.74, 6) is -3.50. The van der Waals surface area contributed by atoms with Crippen LogP contribution in [-0.4, -0.2) is 35.3 Å². The molecule has 138 valence electrons. The number of alkyl halides is 2. The molecule has 3 rings (SSSR count). The number of carbonyl (C=O) groups excluding carboxylic acids is 2. The van der Waals surface area contributed by atoms with E-state index in [0.29, 0.717) is 16.3 Å². The van der Waals surface area contributed by atoms with Crippen molar-refractivity contribution in [3.63, 3.8) is 0 Å². The minimum Gasteiger partial charge on any atom is -0.349 e. The van der Waals surface area contributed by atoms with Crippen LogP contribution in [0.4, 0.5) is 8.78 Å². The fraction of sp³-hybridized carbons (Fsp3) is 0.353. The molecule has 6 nitrogen and oxygen atoms in total. The zero-order valence-corrected chi connectivity index (χ0v) is 14.6. The first-order valence-electron chi connectivity index (χ1n) is 8.08. The molecule has 0 spiro atoms. The average Bonchev–Trinajstić information content (AvgIpc) is 3.24. The fourth-order valence-electron chi connectivity index (χ4n) is 2.56. The van der Waals surface area contributed by atoms with Crippen LogP contribution >= 0.6 is 11.3 Å². The number of nitrogens with zero attached hydrogens (tertiary/aromatic N) is 1. The van der Waals surface area contributed by atoms with Crippen LogP contribution < -0.4 is 16.0 Å². The number of aromatic nitrogens is 1. The summed E-state index contributed by atoms with van der Waals surface area (Å²) >= 11 is 1.36. The van der Waals surface area contributed by atoms with Gasteiger partial charge in [-0.15, -0.1) is 11.3 Å². The number of rotatable bonds is 6. The highest BCUT2D eigenvalue weighted by molar-refractivity contribution is 7.09. The Morgan fingerprint density at radius 2 is 2.00 bits per heavy atom. The second-order valence-corrected chi connectivity index (χ2v) is 6.94. The molecule has 2 heterocycles. The Morgan fingerprint density at radius 1 is 1.23 bits per heavy atom. The maximum Gasteiger partial charge on any atom is 0.262 e. The van der Waals surface area contributed by atoms with Crippen molar-refractivity contribution in [2.24, 2.45) is 0 Å². The second-order valence-electron chi connectivity index (χ2n) is 5.99. The van der Waals surface area contributed by atoms with Crippen molar-refractivity contribution >= 4 is 23.2 Å². The van der Waals surface area contributed by atoms with Gasteiger partial charge in [-0.05, 0) is 12.1 Å². The van der Waals surface area contributed by atoms with E-state index in [1.807, 2.05) is 6.07 Å². The summed E-state index contributed by atoms with van der Waals surface area (Å²) in [6, 6.07) is 7.97. The Labute approximate surface area is 153 Å². The highest BCUT2D eigenvalue weighted by atomic mass is 32.1. The largest absolute Gasteiger partial charge is 0.349 e. The van der Waals surface area contributed by atoms with Gasteiger partial charge in [0, 0.05) is 17.4 Å². The third-order valence-electron chi connectivity index (χ3n) is 3.91. The van der Waals surface area contributed by atoms with Crippen LogP contribution in [0.2, 0.25) is 0 Å². The van der Waals surface area contributed by atoms with Crippen LogP contribution in [0.1, 0.15) is 27.5 Å². The molecule has 0 bridgehead atoms. The predicted molar refractivity (Wildman–Crippen MR) is 92.9 cm³/mol. The summed E-state index contributed by atoms with van der Waals surface area (Å²) in [5, 5.41) is 10.4. The van der Waals surface area contributed by atoms with Crippen molar-refractivity contribution in [2.45, 2.75) is 31.5 Å². The minimum absolute atomic E-state index is 0.158. The summed E-state index contributed by atoms with van der Waals surface area (Å²) < 4.78 is 26.2. The van der Waals surface area contributed by atoms with Crippen molar-refractivity contribution in [3.8, 4) is 0 Å². The normalized spacial score (nSPS) is 18.5. The van der Waals surface area contributed by atoms with Gasteiger partial charge in [0.1, 0.15) is 5.01 Å². The van der Waals surface area contributed by atoms with E-state index in [1.54, 1.807) is 29.6 Å². The predicted octanol–water partition coefficient (Wildman–Crippen LogP) is 1.69. The van der Waals surface area contributed by atoms with E-state index in [-0.39, 0.29) is 19.0 Å². The molecule has 1 saturated heterocycles. The molecule has 1 unspecified atom stereocenters. The lowest BCUT2D eigenvalue weighted by Gasteiger charge is -2.10. The number of halogens is 2. The standard InChI is InChI=1S/C17H18F2N4O2S/c18-17(19)6-13(22-10-17)16(25)20-7-12-9-26-14(23-12)8-21-15(24)11-4-2-1-3-5-11/h1-5,9,13,22H,6-8,10H2,(H,20,25)(H,21,24). The second kappa shape index (κ2) is 7.88. The molecule has 2 amide bonds. The third-order valence-corrected chi connectivity index (χ3v) is 4.80. The Morgan fingerprint density at radius 3 is 2.69 bits per heavy atom. The molecular weight excluding hydrogens is 362 g/mol. The quantitative estimate of drug-likeness (QED) is 0.712. The van der Waals surface area contributed by atoms with Gasteiger partial charge in [0.25, 0.3) is 11.8 Å². The van der Waals surface area contributed by atoms with Crippen molar-refractivity contribution in [1.29, 1.82) is 0 Å².